The summed E-state index contributed by atoms with van der Waals surface area (Å²) in [4.78, 5) is 3.93. The second-order valence-corrected chi connectivity index (χ2v) is 6.87. The van der Waals surface area contributed by atoms with Crippen molar-refractivity contribution >= 4 is 27.3 Å². The Balaban J connectivity index is 2.25. The van der Waals surface area contributed by atoms with Gasteiger partial charge in [0.25, 0.3) is 0 Å². The molecule has 1 aliphatic rings. The van der Waals surface area contributed by atoms with Crippen molar-refractivity contribution in [3.63, 3.8) is 0 Å². The number of rotatable bonds is 2. The van der Waals surface area contributed by atoms with E-state index in [-0.39, 0.29) is 6.04 Å². The molecular formula is C12H19BrN2S. The van der Waals surface area contributed by atoms with Gasteiger partial charge in [-0.15, -0.1) is 11.3 Å². The summed E-state index contributed by atoms with van der Waals surface area (Å²) < 4.78 is 1.20. The van der Waals surface area contributed by atoms with E-state index in [0.29, 0.717) is 6.04 Å². The van der Waals surface area contributed by atoms with Crippen molar-refractivity contribution in [2.45, 2.75) is 38.3 Å². The van der Waals surface area contributed by atoms with E-state index in [4.69, 9.17) is 5.73 Å². The molecule has 0 amide bonds. The van der Waals surface area contributed by atoms with Gasteiger partial charge in [-0.05, 0) is 54.0 Å². The normalized spacial score (nSPS) is 27.9. The molecule has 16 heavy (non-hydrogen) atoms. The number of likely N-dealkylation sites (tertiary alicyclic amines) is 1. The third-order valence-corrected chi connectivity index (χ3v) is 5.02. The van der Waals surface area contributed by atoms with Gasteiger partial charge in [-0.1, -0.05) is 13.3 Å². The second-order valence-electron chi connectivity index (χ2n) is 4.37. The van der Waals surface area contributed by atoms with Gasteiger partial charge < -0.3 is 5.73 Å². The minimum atomic E-state index is 0.285. The number of likely N-dealkylation sites (N-methyl/N-ethyl adjacent to an activating group) is 1. The average Bonchev–Trinajstić information content (AvgIpc) is 2.59. The maximum Gasteiger partial charge on any atom is 0.0702 e. The highest BCUT2D eigenvalue weighted by Gasteiger charge is 2.28. The molecule has 0 spiro atoms. The molecule has 2 N–H and O–H groups in total. The molecule has 2 unspecified atom stereocenters. The minimum absolute atomic E-state index is 0.285. The molecule has 0 aliphatic carbocycles. The van der Waals surface area contributed by atoms with Gasteiger partial charge >= 0.3 is 0 Å². The predicted molar refractivity (Wildman–Crippen MR) is 73.8 cm³/mol. The zero-order valence-electron chi connectivity index (χ0n) is 9.66. The van der Waals surface area contributed by atoms with Gasteiger partial charge in [-0.25, -0.2) is 0 Å². The highest BCUT2D eigenvalue weighted by molar-refractivity contribution is 9.11. The number of nitrogens with two attached hydrogens (primary N) is 1. The molecule has 0 aromatic carbocycles. The molecule has 90 valence electrons. The largest absolute Gasteiger partial charge is 0.326 e. The molecule has 1 saturated heterocycles. The summed E-state index contributed by atoms with van der Waals surface area (Å²) in [5.74, 6) is 0. The van der Waals surface area contributed by atoms with E-state index in [2.05, 4.69) is 39.9 Å². The fraction of sp³-hybridized carbons (Fsp3) is 0.667. The average molecular weight is 303 g/mol. The number of thiophene rings is 1. The minimum Gasteiger partial charge on any atom is -0.326 e. The molecule has 4 heteroatoms. The van der Waals surface area contributed by atoms with Crippen LogP contribution in [0.3, 0.4) is 0 Å². The summed E-state index contributed by atoms with van der Waals surface area (Å²) in [6.07, 6.45) is 3.70. The molecule has 1 fully saturated rings. The van der Waals surface area contributed by atoms with E-state index in [1.165, 1.54) is 28.0 Å². The molecule has 2 nitrogen and oxygen atoms in total. The quantitative estimate of drug-likeness (QED) is 0.907. The smallest absolute Gasteiger partial charge is 0.0702 e. The van der Waals surface area contributed by atoms with E-state index in [1.807, 2.05) is 11.3 Å². The Bertz CT molecular complexity index is 340. The molecule has 2 atom stereocenters. The van der Waals surface area contributed by atoms with Crippen molar-refractivity contribution in [3.8, 4) is 0 Å². The molecule has 2 rings (SSSR count). The van der Waals surface area contributed by atoms with Crippen LogP contribution in [-0.2, 0) is 0 Å². The maximum atomic E-state index is 6.34. The molecule has 1 aromatic heterocycles. The van der Waals surface area contributed by atoms with Crippen LogP contribution in [0.1, 0.15) is 37.1 Å². The lowest BCUT2D eigenvalue weighted by Crippen LogP contribution is -2.39. The number of halogens is 1. The summed E-state index contributed by atoms with van der Waals surface area (Å²) in [7, 11) is 0. The van der Waals surface area contributed by atoms with Crippen LogP contribution >= 0.6 is 27.3 Å². The summed E-state index contributed by atoms with van der Waals surface area (Å²) in [6, 6.07) is 5.05. The van der Waals surface area contributed by atoms with Crippen LogP contribution in [0.25, 0.3) is 0 Å². The van der Waals surface area contributed by atoms with Gasteiger partial charge in [-0.3, -0.25) is 4.90 Å². The van der Waals surface area contributed by atoms with Gasteiger partial charge in [0.1, 0.15) is 0 Å². The SMILES string of the molecule is CCN1CCCCC(N)C1c1ccc(Br)s1. The van der Waals surface area contributed by atoms with Crippen LogP contribution in [0, 0.1) is 0 Å². The van der Waals surface area contributed by atoms with Crippen molar-refractivity contribution in [1.82, 2.24) is 4.90 Å². The first-order chi connectivity index (χ1) is 7.72. The summed E-state index contributed by atoms with van der Waals surface area (Å²) in [6.45, 7) is 4.51. The summed E-state index contributed by atoms with van der Waals surface area (Å²) in [5.41, 5.74) is 6.34. The molecule has 0 bridgehead atoms. The molecule has 0 saturated carbocycles. The van der Waals surface area contributed by atoms with Gasteiger partial charge in [0.15, 0.2) is 0 Å². The third kappa shape index (κ3) is 2.67. The molecule has 1 aromatic rings. The van der Waals surface area contributed by atoms with Gasteiger partial charge in [0.2, 0.25) is 0 Å². The first-order valence-electron chi connectivity index (χ1n) is 5.97. The standard InChI is InChI=1S/C12H19BrN2S/c1-2-15-8-4-3-5-9(14)12(15)10-6-7-11(13)16-10/h6-7,9,12H,2-5,8,14H2,1H3. The number of hydrogen-bond donors (Lipinski definition) is 1. The van der Waals surface area contributed by atoms with Crippen LogP contribution < -0.4 is 5.73 Å². The van der Waals surface area contributed by atoms with E-state index in [1.54, 1.807) is 0 Å². The number of hydrogen-bond acceptors (Lipinski definition) is 3. The lowest BCUT2D eigenvalue weighted by molar-refractivity contribution is 0.198. The van der Waals surface area contributed by atoms with Crippen molar-refractivity contribution in [2.75, 3.05) is 13.1 Å². The van der Waals surface area contributed by atoms with Gasteiger partial charge in [0, 0.05) is 10.9 Å². The van der Waals surface area contributed by atoms with Crippen molar-refractivity contribution in [1.29, 1.82) is 0 Å². The lowest BCUT2D eigenvalue weighted by Gasteiger charge is -2.31. The Morgan fingerprint density at radius 1 is 1.50 bits per heavy atom. The first kappa shape index (κ1) is 12.6. The zero-order valence-corrected chi connectivity index (χ0v) is 12.1. The topological polar surface area (TPSA) is 29.3 Å². The Morgan fingerprint density at radius 3 is 2.94 bits per heavy atom. The Labute approximate surface area is 110 Å². The zero-order chi connectivity index (χ0) is 11.5. The summed E-state index contributed by atoms with van der Waals surface area (Å²) >= 11 is 5.36. The first-order valence-corrected chi connectivity index (χ1v) is 7.58. The second kappa shape index (κ2) is 5.63. The van der Waals surface area contributed by atoms with Gasteiger partial charge in [-0.2, -0.15) is 0 Å². The third-order valence-electron chi connectivity index (χ3n) is 3.32. The Hall–Kier alpha value is 0.1000. The highest BCUT2D eigenvalue weighted by atomic mass is 79.9. The fourth-order valence-electron chi connectivity index (χ4n) is 2.50. The van der Waals surface area contributed by atoms with E-state index in [0.717, 1.165) is 13.0 Å². The molecule has 0 radical (unpaired) electrons. The Morgan fingerprint density at radius 2 is 2.31 bits per heavy atom. The van der Waals surface area contributed by atoms with Crippen molar-refractivity contribution < 1.29 is 0 Å². The maximum absolute atomic E-state index is 6.34. The van der Waals surface area contributed by atoms with Crippen LogP contribution in [0.5, 0.6) is 0 Å². The summed E-state index contributed by atoms with van der Waals surface area (Å²) in [5, 5.41) is 0. The van der Waals surface area contributed by atoms with Gasteiger partial charge in [0.05, 0.1) is 9.83 Å². The van der Waals surface area contributed by atoms with Crippen molar-refractivity contribution in [3.05, 3.63) is 20.8 Å². The van der Waals surface area contributed by atoms with E-state index in [9.17, 15) is 0 Å². The van der Waals surface area contributed by atoms with E-state index >= 15 is 0 Å². The lowest BCUT2D eigenvalue weighted by atomic mass is 10.0. The Kier molecular flexibility index (Phi) is 4.41. The monoisotopic (exact) mass is 302 g/mol. The highest BCUT2D eigenvalue weighted by Crippen LogP contribution is 2.35. The molecule has 1 aliphatic heterocycles. The molecule has 2 heterocycles. The van der Waals surface area contributed by atoms with E-state index < -0.39 is 0 Å². The fourth-order valence-corrected chi connectivity index (χ4v) is 4.13. The van der Waals surface area contributed by atoms with Crippen molar-refractivity contribution in [2.24, 2.45) is 5.73 Å². The predicted octanol–water partition coefficient (Wildman–Crippen LogP) is 3.38. The molecular weight excluding hydrogens is 284 g/mol. The number of nitrogens with zero attached hydrogens (tertiary/aromatic N) is 1. The van der Waals surface area contributed by atoms with Crippen LogP contribution in [0.2, 0.25) is 0 Å². The van der Waals surface area contributed by atoms with Crippen LogP contribution in [0.4, 0.5) is 0 Å². The van der Waals surface area contributed by atoms with Crippen LogP contribution in [0.15, 0.2) is 15.9 Å². The van der Waals surface area contributed by atoms with Crippen LogP contribution in [-0.4, -0.2) is 24.0 Å².